The zero-order valence-corrected chi connectivity index (χ0v) is 13.8. The number of nitro groups is 1. The van der Waals surface area contributed by atoms with Crippen molar-refractivity contribution in [1.29, 1.82) is 0 Å². The van der Waals surface area contributed by atoms with Crippen molar-refractivity contribution in [3.8, 4) is 0 Å². The highest BCUT2D eigenvalue weighted by Crippen LogP contribution is 2.44. The van der Waals surface area contributed by atoms with Crippen molar-refractivity contribution in [1.82, 2.24) is 5.16 Å². The molecule has 2 aliphatic rings. The maximum absolute atomic E-state index is 12.1. The third-order valence-electron chi connectivity index (χ3n) is 4.40. The highest BCUT2D eigenvalue weighted by atomic mass is 16.8. The summed E-state index contributed by atoms with van der Waals surface area (Å²) in [4.78, 5) is 11.2. The van der Waals surface area contributed by atoms with Crippen LogP contribution in [0.1, 0.15) is 31.2 Å². The molecule has 25 heavy (non-hydrogen) atoms. The first-order chi connectivity index (χ1) is 11.8. The first-order valence-corrected chi connectivity index (χ1v) is 7.76. The molecule has 10 heteroatoms. The van der Waals surface area contributed by atoms with Crippen molar-refractivity contribution >= 4 is 17.7 Å². The molecule has 0 N–H and O–H groups in total. The lowest BCUT2D eigenvalue weighted by atomic mass is 9.72. The second kappa shape index (κ2) is 6.23. The quantitative estimate of drug-likeness (QED) is 0.254. The van der Waals surface area contributed by atoms with Crippen LogP contribution < -0.4 is 4.90 Å². The summed E-state index contributed by atoms with van der Waals surface area (Å²) in [5.41, 5.74) is -1.04. The molecule has 2 heterocycles. The molecule has 0 spiro atoms. The van der Waals surface area contributed by atoms with E-state index >= 15 is 0 Å². The first kappa shape index (κ1) is 17.0. The lowest BCUT2D eigenvalue weighted by Crippen LogP contribution is -2.42. The van der Waals surface area contributed by atoms with Crippen molar-refractivity contribution in [2.24, 2.45) is 5.41 Å². The fourth-order valence-electron chi connectivity index (χ4n) is 3.35. The van der Waals surface area contributed by atoms with Crippen molar-refractivity contribution in [3.63, 3.8) is 0 Å². The molecule has 0 amide bonds. The number of fused-ring (bicyclic) bond motifs is 1. The number of aromatic nitrogens is 2. The Morgan fingerprint density at radius 2 is 2.16 bits per heavy atom. The molecule has 0 aromatic carbocycles. The first-order valence-electron chi connectivity index (χ1n) is 7.76. The summed E-state index contributed by atoms with van der Waals surface area (Å²) in [7, 11) is 0. The van der Waals surface area contributed by atoms with Crippen molar-refractivity contribution in [3.05, 3.63) is 43.9 Å². The van der Waals surface area contributed by atoms with Crippen LogP contribution in [-0.2, 0) is 4.74 Å². The van der Waals surface area contributed by atoms with E-state index in [0.29, 0.717) is 26.3 Å². The van der Waals surface area contributed by atoms with Crippen LogP contribution >= 0.6 is 0 Å². The maximum atomic E-state index is 12.1. The Hall–Kier alpha value is -2.84. The number of rotatable bonds is 3. The van der Waals surface area contributed by atoms with Gasteiger partial charge in [0, 0.05) is 11.2 Å². The Morgan fingerprint density at radius 1 is 1.48 bits per heavy atom. The highest BCUT2D eigenvalue weighted by molar-refractivity contribution is 5.97. The van der Waals surface area contributed by atoms with E-state index in [1.54, 1.807) is 13.8 Å². The normalized spacial score (nSPS) is 20.6. The summed E-state index contributed by atoms with van der Waals surface area (Å²) in [6.07, 6.45) is 3.05. The van der Waals surface area contributed by atoms with Crippen molar-refractivity contribution < 1.29 is 23.8 Å². The van der Waals surface area contributed by atoms with Gasteiger partial charge in [-0.3, -0.25) is 20.6 Å². The summed E-state index contributed by atoms with van der Waals surface area (Å²) < 4.78 is 12.0. The summed E-state index contributed by atoms with van der Waals surface area (Å²) in [6, 6.07) is 0. The van der Waals surface area contributed by atoms with E-state index in [9.17, 15) is 20.7 Å². The average Bonchev–Trinajstić information content (AvgIpc) is 2.95. The topological polar surface area (TPSA) is 131 Å². The minimum absolute atomic E-state index is 0.0136. The van der Waals surface area contributed by atoms with E-state index in [1.165, 1.54) is 6.08 Å². The molecule has 10 nitrogen and oxygen atoms in total. The second-order valence-corrected chi connectivity index (χ2v) is 6.55. The number of nitrogens with zero attached hydrogens (tertiary/aromatic N) is 5. The molecule has 1 aromatic rings. The van der Waals surface area contributed by atoms with E-state index in [1.807, 2.05) is 16.7 Å². The van der Waals surface area contributed by atoms with Crippen LogP contribution in [0.3, 0.4) is 0 Å². The summed E-state index contributed by atoms with van der Waals surface area (Å²) in [6.45, 7) is 6.08. The number of hydrogen-bond acceptors (Lipinski definition) is 6. The standard InChI is InChI=1S/C15H17N5O5/c1-15(2,9-18-3-5-24-6-4-18)12-11(19(21)22)7-10(8-16)13-14(12)20(23)25-17-13/h7,9,12H,3-6H2,1-2H3. The molecule has 1 fully saturated rings. The van der Waals surface area contributed by atoms with Crippen LogP contribution in [0.5, 0.6) is 0 Å². The van der Waals surface area contributed by atoms with E-state index in [-0.39, 0.29) is 27.6 Å². The van der Waals surface area contributed by atoms with Gasteiger partial charge in [0.2, 0.25) is 5.69 Å². The van der Waals surface area contributed by atoms with Gasteiger partial charge in [0.05, 0.1) is 15.9 Å². The van der Waals surface area contributed by atoms with Gasteiger partial charge in [-0.1, -0.05) is 0 Å². The minimum atomic E-state index is -0.902. The molecular weight excluding hydrogens is 330 g/mol. The predicted octanol–water partition coefficient (Wildman–Crippen LogP) is 0.328. The zero-order valence-electron chi connectivity index (χ0n) is 13.8. The van der Waals surface area contributed by atoms with Crippen molar-refractivity contribution in [2.45, 2.75) is 19.8 Å². The van der Waals surface area contributed by atoms with E-state index < -0.39 is 16.3 Å². The minimum Gasteiger partial charge on any atom is -0.763 e. The monoisotopic (exact) mass is 347 g/mol. The fraction of sp³-hybridized carbons (Fsp3) is 0.533. The summed E-state index contributed by atoms with van der Waals surface area (Å²) >= 11 is 0. The average molecular weight is 347 g/mol. The molecule has 1 aliphatic carbocycles. The Morgan fingerprint density at radius 3 is 2.76 bits per heavy atom. The van der Waals surface area contributed by atoms with Gasteiger partial charge < -0.3 is 15.4 Å². The molecule has 0 bridgehead atoms. The van der Waals surface area contributed by atoms with Gasteiger partial charge in [-0.2, -0.15) is 0 Å². The largest absolute Gasteiger partial charge is 0.763 e. The van der Waals surface area contributed by atoms with Crippen LogP contribution in [-0.4, -0.2) is 53.0 Å². The SMILES string of the molecule is CC(C)(C=[N+]1CCOCC1)C1C([N+](=O)[O-])=CC(=C=[N-])c2no[n+]([O-])c21. The van der Waals surface area contributed by atoms with Gasteiger partial charge in [0.15, 0.2) is 13.1 Å². The molecule has 1 aromatic heterocycles. The van der Waals surface area contributed by atoms with Crippen LogP contribution in [0.15, 0.2) is 16.4 Å². The lowest BCUT2D eigenvalue weighted by Gasteiger charge is -2.28. The molecule has 1 aliphatic heterocycles. The zero-order chi connectivity index (χ0) is 18.2. The molecule has 1 atom stereocenters. The third kappa shape index (κ3) is 2.97. The van der Waals surface area contributed by atoms with Crippen LogP contribution in [0, 0.1) is 20.7 Å². The molecule has 0 radical (unpaired) electrons. The smallest absolute Gasteiger partial charge is 0.260 e. The second-order valence-electron chi connectivity index (χ2n) is 6.55. The van der Waals surface area contributed by atoms with Gasteiger partial charge in [0.1, 0.15) is 25.3 Å². The van der Waals surface area contributed by atoms with Gasteiger partial charge in [-0.15, -0.1) is 0 Å². The van der Waals surface area contributed by atoms with Gasteiger partial charge in [-0.25, -0.2) is 4.58 Å². The van der Waals surface area contributed by atoms with Crippen LogP contribution in [0.4, 0.5) is 0 Å². The van der Waals surface area contributed by atoms with E-state index in [2.05, 4.69) is 9.79 Å². The van der Waals surface area contributed by atoms with Gasteiger partial charge in [0.25, 0.3) is 11.4 Å². The van der Waals surface area contributed by atoms with Gasteiger partial charge >= 0.3 is 0 Å². The fourth-order valence-corrected chi connectivity index (χ4v) is 3.35. The molecule has 1 saturated heterocycles. The Kier molecular flexibility index (Phi) is 4.23. The van der Waals surface area contributed by atoms with Crippen molar-refractivity contribution in [2.75, 3.05) is 26.3 Å². The molecule has 132 valence electrons. The lowest BCUT2D eigenvalue weighted by molar-refractivity contribution is -0.809. The molecule has 3 rings (SSSR count). The number of allylic oxidation sites excluding steroid dienone is 3. The van der Waals surface area contributed by atoms with E-state index in [4.69, 9.17) is 4.74 Å². The van der Waals surface area contributed by atoms with Gasteiger partial charge in [-0.05, 0) is 18.8 Å². The molecule has 1 unspecified atom stereocenters. The third-order valence-corrected chi connectivity index (χ3v) is 4.40. The molecular formula is C15H17N5O5. The Bertz CT molecular complexity index is 823. The maximum Gasteiger partial charge on any atom is 0.260 e. The number of ether oxygens (including phenoxy) is 1. The summed E-state index contributed by atoms with van der Waals surface area (Å²) in [5, 5.41) is 36.6. The highest BCUT2D eigenvalue weighted by Gasteiger charge is 2.51. The number of morpholine rings is 1. The van der Waals surface area contributed by atoms with E-state index in [0.717, 1.165) is 0 Å². The van der Waals surface area contributed by atoms with Crippen LogP contribution in [0.2, 0.25) is 0 Å². The van der Waals surface area contributed by atoms with Crippen LogP contribution in [0.25, 0.3) is 11.0 Å². The Balaban J connectivity index is 2.15. The summed E-state index contributed by atoms with van der Waals surface area (Å²) in [5.74, 6) is 0.934. The molecule has 0 saturated carbocycles. The predicted molar refractivity (Wildman–Crippen MR) is 85.7 cm³/mol. The Labute approximate surface area is 142 Å². The number of hydrogen-bond donors (Lipinski definition) is 0.